The van der Waals surface area contributed by atoms with Crippen molar-refractivity contribution < 1.29 is 19.4 Å². The second-order valence-electron chi connectivity index (χ2n) is 5.40. The molecule has 1 aromatic carbocycles. The van der Waals surface area contributed by atoms with Crippen LogP contribution >= 0.6 is 15.9 Å². The molecule has 0 aliphatic carbocycles. The summed E-state index contributed by atoms with van der Waals surface area (Å²) in [4.78, 5) is 23.7. The summed E-state index contributed by atoms with van der Waals surface area (Å²) in [5.41, 5.74) is 0.567. The molecule has 1 aromatic rings. The monoisotopic (exact) mass is 355 g/mol. The first-order chi connectivity index (χ1) is 9.93. The third kappa shape index (κ3) is 3.83. The number of aliphatic carboxylic acids is 1. The number of benzene rings is 1. The van der Waals surface area contributed by atoms with Crippen LogP contribution in [0.1, 0.15) is 28.8 Å². The first kappa shape index (κ1) is 16.0. The molecule has 1 amide bonds. The summed E-state index contributed by atoms with van der Waals surface area (Å²) in [5.74, 6) is -1.14. The minimum atomic E-state index is -0.922. The standard InChI is InChI=1S/C15H18BrNO4/c1-10-6-11(8-12(16)7-10)13(18)17-9-15(14(19)20)2-4-21-5-3-15/h6-8H,2-5,9H2,1H3,(H,17,18)(H,19,20). The van der Waals surface area contributed by atoms with Gasteiger partial charge in [0, 0.05) is 29.8 Å². The van der Waals surface area contributed by atoms with Gasteiger partial charge in [-0.25, -0.2) is 0 Å². The minimum absolute atomic E-state index is 0.121. The minimum Gasteiger partial charge on any atom is -0.481 e. The van der Waals surface area contributed by atoms with Gasteiger partial charge in [-0.3, -0.25) is 9.59 Å². The van der Waals surface area contributed by atoms with E-state index in [1.165, 1.54) is 0 Å². The normalized spacial score (nSPS) is 17.2. The highest BCUT2D eigenvalue weighted by atomic mass is 79.9. The van der Waals surface area contributed by atoms with E-state index in [0.29, 0.717) is 31.6 Å². The summed E-state index contributed by atoms with van der Waals surface area (Å²) < 4.78 is 6.04. The zero-order valence-electron chi connectivity index (χ0n) is 11.8. The van der Waals surface area contributed by atoms with E-state index in [4.69, 9.17) is 4.74 Å². The highest BCUT2D eigenvalue weighted by Gasteiger charge is 2.40. The fourth-order valence-corrected chi connectivity index (χ4v) is 3.06. The number of carbonyl (C=O) groups is 2. The number of rotatable bonds is 4. The maximum atomic E-state index is 12.2. The van der Waals surface area contributed by atoms with Gasteiger partial charge in [-0.05, 0) is 43.5 Å². The van der Waals surface area contributed by atoms with Crippen LogP contribution < -0.4 is 5.32 Å². The van der Waals surface area contributed by atoms with Gasteiger partial charge in [0.15, 0.2) is 0 Å². The summed E-state index contributed by atoms with van der Waals surface area (Å²) in [7, 11) is 0. The number of carbonyl (C=O) groups excluding carboxylic acids is 1. The molecule has 114 valence electrons. The molecule has 5 nitrogen and oxygen atoms in total. The first-order valence-electron chi connectivity index (χ1n) is 6.79. The summed E-state index contributed by atoms with van der Waals surface area (Å²) in [6.07, 6.45) is 0.834. The largest absolute Gasteiger partial charge is 0.481 e. The Hall–Kier alpha value is -1.40. The van der Waals surface area contributed by atoms with Crippen LogP contribution in [0, 0.1) is 12.3 Å². The van der Waals surface area contributed by atoms with E-state index in [-0.39, 0.29) is 12.5 Å². The Kier molecular flexibility index (Phi) is 5.00. The maximum Gasteiger partial charge on any atom is 0.311 e. The van der Waals surface area contributed by atoms with Crippen molar-refractivity contribution >= 4 is 27.8 Å². The summed E-state index contributed by atoms with van der Waals surface area (Å²) in [5, 5.41) is 12.2. The second kappa shape index (κ2) is 6.58. The molecule has 1 fully saturated rings. The molecular weight excluding hydrogens is 338 g/mol. The van der Waals surface area contributed by atoms with Crippen LogP contribution in [0.5, 0.6) is 0 Å². The van der Waals surface area contributed by atoms with Gasteiger partial charge in [-0.2, -0.15) is 0 Å². The summed E-state index contributed by atoms with van der Waals surface area (Å²) in [6.45, 7) is 2.85. The molecule has 0 atom stereocenters. The molecule has 1 heterocycles. The number of aryl methyl sites for hydroxylation is 1. The molecule has 1 aliphatic rings. The fraction of sp³-hybridized carbons (Fsp3) is 0.467. The van der Waals surface area contributed by atoms with E-state index in [0.717, 1.165) is 10.0 Å². The predicted molar refractivity (Wildman–Crippen MR) is 81.3 cm³/mol. The van der Waals surface area contributed by atoms with Crippen LogP contribution in [0.2, 0.25) is 0 Å². The Bertz CT molecular complexity index is 532. The van der Waals surface area contributed by atoms with Crippen LogP contribution in [-0.2, 0) is 9.53 Å². The van der Waals surface area contributed by atoms with E-state index >= 15 is 0 Å². The Morgan fingerprint density at radius 1 is 1.33 bits per heavy atom. The van der Waals surface area contributed by atoms with Crippen molar-refractivity contribution in [1.29, 1.82) is 0 Å². The highest BCUT2D eigenvalue weighted by Crippen LogP contribution is 2.30. The topological polar surface area (TPSA) is 75.6 Å². The maximum absolute atomic E-state index is 12.2. The molecule has 1 saturated heterocycles. The van der Waals surface area contributed by atoms with Crippen molar-refractivity contribution in [3.05, 3.63) is 33.8 Å². The fourth-order valence-electron chi connectivity index (χ4n) is 2.45. The molecule has 21 heavy (non-hydrogen) atoms. The molecule has 0 unspecified atom stereocenters. The average Bonchev–Trinajstić information content (AvgIpc) is 2.44. The van der Waals surface area contributed by atoms with Crippen molar-refractivity contribution in [3.8, 4) is 0 Å². The van der Waals surface area contributed by atoms with E-state index in [1.54, 1.807) is 12.1 Å². The van der Waals surface area contributed by atoms with E-state index in [9.17, 15) is 14.7 Å². The molecule has 0 spiro atoms. The number of ether oxygens (including phenoxy) is 1. The summed E-state index contributed by atoms with van der Waals surface area (Å²) in [6, 6.07) is 5.41. The quantitative estimate of drug-likeness (QED) is 0.869. The number of carboxylic acids is 1. The molecule has 6 heteroatoms. The Balaban J connectivity index is 2.06. The van der Waals surface area contributed by atoms with Crippen molar-refractivity contribution in [3.63, 3.8) is 0 Å². The third-order valence-corrected chi connectivity index (χ3v) is 4.25. The van der Waals surface area contributed by atoms with E-state index in [2.05, 4.69) is 21.2 Å². The van der Waals surface area contributed by atoms with E-state index in [1.807, 2.05) is 13.0 Å². The van der Waals surface area contributed by atoms with Crippen molar-refractivity contribution in [1.82, 2.24) is 5.32 Å². The first-order valence-corrected chi connectivity index (χ1v) is 7.59. The number of hydrogen-bond acceptors (Lipinski definition) is 3. The number of halogens is 1. The van der Waals surface area contributed by atoms with Gasteiger partial charge in [0.25, 0.3) is 5.91 Å². The number of nitrogens with one attached hydrogen (secondary N) is 1. The molecule has 0 radical (unpaired) electrons. The molecular formula is C15H18BrNO4. The van der Waals surface area contributed by atoms with Gasteiger partial charge >= 0.3 is 5.97 Å². The van der Waals surface area contributed by atoms with Crippen LogP contribution in [-0.4, -0.2) is 36.7 Å². The van der Waals surface area contributed by atoms with Gasteiger partial charge in [-0.15, -0.1) is 0 Å². The van der Waals surface area contributed by atoms with Gasteiger partial charge < -0.3 is 15.2 Å². The molecule has 2 N–H and O–H groups in total. The highest BCUT2D eigenvalue weighted by molar-refractivity contribution is 9.10. The lowest BCUT2D eigenvalue weighted by Gasteiger charge is -2.33. The Labute approximate surface area is 131 Å². The predicted octanol–water partition coefficient (Wildman–Crippen LogP) is 2.37. The van der Waals surface area contributed by atoms with Gasteiger partial charge in [0.05, 0.1) is 5.41 Å². The Morgan fingerprint density at radius 3 is 2.57 bits per heavy atom. The lowest BCUT2D eigenvalue weighted by Crippen LogP contribution is -2.46. The lowest BCUT2D eigenvalue weighted by atomic mass is 9.80. The molecule has 0 aromatic heterocycles. The lowest BCUT2D eigenvalue weighted by molar-refractivity contribution is -0.154. The Morgan fingerprint density at radius 2 is 2.00 bits per heavy atom. The average molecular weight is 356 g/mol. The van der Waals surface area contributed by atoms with Crippen LogP contribution in [0.15, 0.2) is 22.7 Å². The zero-order chi connectivity index (χ0) is 15.5. The second-order valence-corrected chi connectivity index (χ2v) is 6.31. The number of hydrogen-bond donors (Lipinski definition) is 2. The molecule has 0 saturated carbocycles. The van der Waals surface area contributed by atoms with Crippen LogP contribution in [0.25, 0.3) is 0 Å². The van der Waals surface area contributed by atoms with Gasteiger partial charge in [0.2, 0.25) is 0 Å². The smallest absolute Gasteiger partial charge is 0.311 e. The number of carboxylic acid groups (broad SMARTS) is 1. The zero-order valence-corrected chi connectivity index (χ0v) is 13.4. The van der Waals surface area contributed by atoms with Crippen molar-refractivity contribution in [2.24, 2.45) is 5.41 Å². The van der Waals surface area contributed by atoms with Gasteiger partial charge in [-0.1, -0.05) is 15.9 Å². The van der Waals surface area contributed by atoms with E-state index < -0.39 is 11.4 Å². The molecule has 0 bridgehead atoms. The number of amides is 1. The van der Waals surface area contributed by atoms with Crippen LogP contribution in [0.3, 0.4) is 0 Å². The third-order valence-electron chi connectivity index (χ3n) is 3.80. The molecule has 1 aliphatic heterocycles. The molecule has 2 rings (SSSR count). The van der Waals surface area contributed by atoms with Crippen molar-refractivity contribution in [2.45, 2.75) is 19.8 Å². The van der Waals surface area contributed by atoms with Gasteiger partial charge in [0.1, 0.15) is 0 Å². The summed E-state index contributed by atoms with van der Waals surface area (Å²) >= 11 is 3.35. The van der Waals surface area contributed by atoms with Crippen LogP contribution in [0.4, 0.5) is 0 Å². The van der Waals surface area contributed by atoms with Crippen molar-refractivity contribution in [2.75, 3.05) is 19.8 Å². The SMILES string of the molecule is Cc1cc(Br)cc(C(=O)NCC2(C(=O)O)CCOCC2)c1.